The van der Waals surface area contributed by atoms with Gasteiger partial charge in [-0.1, -0.05) is 6.07 Å². The SMILES string of the molecule is Cn1cnc2cc(-c3cc(CN)ncn3)ccc21. The Hall–Kier alpha value is -2.27. The molecule has 5 heteroatoms. The quantitative estimate of drug-likeness (QED) is 0.735. The lowest BCUT2D eigenvalue weighted by molar-refractivity contribution is 0.947. The number of aromatic nitrogens is 4. The summed E-state index contributed by atoms with van der Waals surface area (Å²) in [7, 11) is 1.98. The molecule has 0 unspecified atom stereocenters. The van der Waals surface area contributed by atoms with Gasteiger partial charge in [-0.2, -0.15) is 0 Å². The second-order valence-corrected chi connectivity index (χ2v) is 4.16. The van der Waals surface area contributed by atoms with E-state index in [1.165, 1.54) is 0 Å². The van der Waals surface area contributed by atoms with Crippen LogP contribution in [0.2, 0.25) is 0 Å². The fourth-order valence-corrected chi connectivity index (χ4v) is 1.96. The molecular formula is C13H13N5. The molecule has 0 amide bonds. The van der Waals surface area contributed by atoms with E-state index in [1.807, 2.05) is 35.9 Å². The molecule has 2 N–H and O–H groups in total. The van der Waals surface area contributed by atoms with Gasteiger partial charge in [0.15, 0.2) is 0 Å². The van der Waals surface area contributed by atoms with Crippen LogP contribution in [-0.2, 0) is 13.6 Å². The first-order valence-corrected chi connectivity index (χ1v) is 5.70. The minimum absolute atomic E-state index is 0.418. The maximum absolute atomic E-state index is 5.58. The second-order valence-electron chi connectivity index (χ2n) is 4.16. The van der Waals surface area contributed by atoms with E-state index in [2.05, 4.69) is 15.0 Å². The molecule has 0 aliphatic rings. The maximum atomic E-state index is 5.58. The van der Waals surface area contributed by atoms with Crippen molar-refractivity contribution in [2.24, 2.45) is 12.8 Å². The summed E-state index contributed by atoms with van der Waals surface area (Å²) in [4.78, 5) is 12.7. The lowest BCUT2D eigenvalue weighted by atomic mass is 10.1. The third kappa shape index (κ3) is 1.74. The summed E-state index contributed by atoms with van der Waals surface area (Å²) >= 11 is 0. The number of rotatable bonds is 2. The van der Waals surface area contributed by atoms with Gasteiger partial charge < -0.3 is 10.3 Å². The average Bonchev–Trinajstić information content (AvgIpc) is 2.80. The fourth-order valence-electron chi connectivity index (χ4n) is 1.96. The number of benzene rings is 1. The van der Waals surface area contributed by atoms with Gasteiger partial charge in [-0.3, -0.25) is 0 Å². The Labute approximate surface area is 104 Å². The van der Waals surface area contributed by atoms with Crippen molar-refractivity contribution < 1.29 is 0 Å². The van der Waals surface area contributed by atoms with Crippen molar-refractivity contribution in [3.8, 4) is 11.3 Å². The molecule has 3 aromatic rings. The summed E-state index contributed by atoms with van der Waals surface area (Å²) in [5, 5.41) is 0. The average molecular weight is 239 g/mol. The maximum Gasteiger partial charge on any atom is 0.116 e. The molecule has 3 rings (SSSR count). The van der Waals surface area contributed by atoms with Crippen molar-refractivity contribution in [1.29, 1.82) is 0 Å². The minimum Gasteiger partial charge on any atom is -0.334 e. The van der Waals surface area contributed by atoms with Gasteiger partial charge in [-0.15, -0.1) is 0 Å². The standard InChI is InChI=1S/C13H13N5/c1-18-8-17-12-4-9(2-3-13(12)18)11-5-10(6-14)15-7-16-11/h2-5,7-8H,6,14H2,1H3. The number of fused-ring (bicyclic) bond motifs is 1. The van der Waals surface area contributed by atoms with Crippen molar-refractivity contribution >= 4 is 11.0 Å². The molecule has 0 fully saturated rings. The van der Waals surface area contributed by atoms with Crippen LogP contribution in [-0.4, -0.2) is 19.5 Å². The minimum atomic E-state index is 0.418. The number of aryl methyl sites for hydroxylation is 1. The molecule has 5 nitrogen and oxygen atoms in total. The van der Waals surface area contributed by atoms with Crippen molar-refractivity contribution in [2.75, 3.05) is 0 Å². The highest BCUT2D eigenvalue weighted by atomic mass is 15.0. The van der Waals surface area contributed by atoms with Crippen LogP contribution in [0.15, 0.2) is 36.9 Å². The molecule has 0 spiro atoms. The first-order valence-electron chi connectivity index (χ1n) is 5.70. The van der Waals surface area contributed by atoms with Gasteiger partial charge in [-0.05, 0) is 18.2 Å². The zero-order valence-electron chi connectivity index (χ0n) is 10.0. The Balaban J connectivity index is 2.13. The molecule has 18 heavy (non-hydrogen) atoms. The van der Waals surface area contributed by atoms with Crippen LogP contribution < -0.4 is 5.73 Å². The van der Waals surface area contributed by atoms with Crippen LogP contribution in [0.1, 0.15) is 5.69 Å². The molecule has 0 aliphatic carbocycles. The van der Waals surface area contributed by atoms with Gasteiger partial charge in [0.05, 0.1) is 28.7 Å². The van der Waals surface area contributed by atoms with Crippen molar-refractivity contribution in [2.45, 2.75) is 6.54 Å². The van der Waals surface area contributed by atoms with Crippen molar-refractivity contribution in [3.05, 3.63) is 42.6 Å². The molecular weight excluding hydrogens is 226 g/mol. The third-order valence-electron chi connectivity index (χ3n) is 2.95. The molecule has 1 aromatic carbocycles. The molecule has 2 heterocycles. The zero-order valence-corrected chi connectivity index (χ0v) is 10.0. The van der Waals surface area contributed by atoms with Gasteiger partial charge in [0.25, 0.3) is 0 Å². The van der Waals surface area contributed by atoms with Crippen LogP contribution in [0.4, 0.5) is 0 Å². The Kier molecular flexibility index (Phi) is 2.53. The second kappa shape index (κ2) is 4.19. The van der Waals surface area contributed by atoms with Crippen LogP contribution in [0.5, 0.6) is 0 Å². The topological polar surface area (TPSA) is 69.6 Å². The zero-order chi connectivity index (χ0) is 12.5. The molecule has 0 atom stereocenters. The third-order valence-corrected chi connectivity index (χ3v) is 2.95. The summed E-state index contributed by atoms with van der Waals surface area (Å²) in [6.45, 7) is 0.418. The molecule has 2 aromatic heterocycles. The summed E-state index contributed by atoms with van der Waals surface area (Å²) < 4.78 is 1.99. The van der Waals surface area contributed by atoms with Crippen LogP contribution in [0, 0.1) is 0 Å². The predicted octanol–water partition coefficient (Wildman–Crippen LogP) is 1.49. The molecule has 0 bridgehead atoms. The summed E-state index contributed by atoms with van der Waals surface area (Å²) in [5.41, 5.74) is 10.4. The molecule has 0 aliphatic heterocycles. The Morgan fingerprint density at radius 3 is 2.89 bits per heavy atom. The smallest absolute Gasteiger partial charge is 0.116 e. The number of imidazole rings is 1. The first-order chi connectivity index (χ1) is 8.78. The summed E-state index contributed by atoms with van der Waals surface area (Å²) in [6.07, 6.45) is 3.35. The Morgan fingerprint density at radius 2 is 2.06 bits per heavy atom. The Bertz CT molecular complexity index is 701. The monoisotopic (exact) mass is 239 g/mol. The summed E-state index contributed by atoms with van der Waals surface area (Å²) in [6, 6.07) is 8.01. The van der Waals surface area contributed by atoms with E-state index in [1.54, 1.807) is 12.7 Å². The van der Waals surface area contributed by atoms with E-state index in [-0.39, 0.29) is 0 Å². The van der Waals surface area contributed by atoms with Gasteiger partial charge in [-0.25, -0.2) is 15.0 Å². The first kappa shape index (κ1) is 10.9. The van der Waals surface area contributed by atoms with E-state index in [0.717, 1.165) is 28.0 Å². The van der Waals surface area contributed by atoms with Gasteiger partial charge >= 0.3 is 0 Å². The molecule has 0 radical (unpaired) electrons. The lowest BCUT2D eigenvalue weighted by Gasteiger charge is -2.03. The van der Waals surface area contributed by atoms with Crippen molar-refractivity contribution in [1.82, 2.24) is 19.5 Å². The molecule has 0 saturated heterocycles. The number of nitrogens with zero attached hydrogens (tertiary/aromatic N) is 4. The molecule has 0 saturated carbocycles. The largest absolute Gasteiger partial charge is 0.334 e. The van der Waals surface area contributed by atoms with Gasteiger partial charge in [0.2, 0.25) is 0 Å². The van der Waals surface area contributed by atoms with Crippen LogP contribution in [0.3, 0.4) is 0 Å². The van der Waals surface area contributed by atoms with Crippen molar-refractivity contribution in [3.63, 3.8) is 0 Å². The van der Waals surface area contributed by atoms with E-state index in [9.17, 15) is 0 Å². The number of hydrogen-bond donors (Lipinski definition) is 1. The van der Waals surface area contributed by atoms with E-state index >= 15 is 0 Å². The fraction of sp³-hybridized carbons (Fsp3) is 0.154. The summed E-state index contributed by atoms with van der Waals surface area (Å²) in [5.74, 6) is 0. The van der Waals surface area contributed by atoms with E-state index in [0.29, 0.717) is 6.54 Å². The molecule has 90 valence electrons. The van der Waals surface area contributed by atoms with Crippen LogP contribution >= 0.6 is 0 Å². The van der Waals surface area contributed by atoms with Crippen LogP contribution in [0.25, 0.3) is 22.3 Å². The Morgan fingerprint density at radius 1 is 1.17 bits per heavy atom. The highest BCUT2D eigenvalue weighted by Crippen LogP contribution is 2.22. The van der Waals surface area contributed by atoms with E-state index in [4.69, 9.17) is 5.73 Å². The van der Waals surface area contributed by atoms with E-state index < -0.39 is 0 Å². The highest BCUT2D eigenvalue weighted by Gasteiger charge is 2.05. The number of nitrogens with two attached hydrogens (primary N) is 1. The normalized spacial score (nSPS) is 11.0. The van der Waals surface area contributed by atoms with Gasteiger partial charge in [0, 0.05) is 19.2 Å². The van der Waals surface area contributed by atoms with Gasteiger partial charge in [0.1, 0.15) is 6.33 Å². The lowest BCUT2D eigenvalue weighted by Crippen LogP contribution is -2.00. The number of hydrogen-bond acceptors (Lipinski definition) is 4. The highest BCUT2D eigenvalue weighted by molar-refractivity contribution is 5.81. The predicted molar refractivity (Wildman–Crippen MR) is 69.6 cm³/mol.